The van der Waals surface area contributed by atoms with Crippen LogP contribution >= 0.6 is 0 Å². The summed E-state index contributed by atoms with van der Waals surface area (Å²) in [7, 11) is 3.56. The second-order valence-corrected chi connectivity index (χ2v) is 6.05. The lowest BCUT2D eigenvalue weighted by Crippen LogP contribution is -2.31. The van der Waals surface area contributed by atoms with Gasteiger partial charge in [-0.15, -0.1) is 0 Å². The molecule has 1 aliphatic rings. The third-order valence-electron chi connectivity index (χ3n) is 4.20. The molecule has 3 nitrogen and oxygen atoms in total. The summed E-state index contributed by atoms with van der Waals surface area (Å²) in [5.74, 6) is 0.160. The largest absolute Gasteiger partial charge is 0.381 e. The van der Waals surface area contributed by atoms with Crippen LogP contribution in [0.25, 0.3) is 0 Å². The molecule has 1 amide bonds. The standard InChI is InChI=1S/C19H31NO2/c1-5-6-10-13-20(3)19(21)15-18(22-4)14-16(2)17-11-8-7-9-12-17/h7-8,11,18H,2,5-6,9-10,12-15H2,1,3-4H3. The van der Waals surface area contributed by atoms with Crippen molar-refractivity contribution < 1.29 is 9.53 Å². The maximum atomic E-state index is 12.3. The maximum absolute atomic E-state index is 12.3. The Hall–Kier alpha value is -1.35. The molecule has 3 heteroatoms. The van der Waals surface area contributed by atoms with Crippen LogP contribution < -0.4 is 0 Å². The summed E-state index contributed by atoms with van der Waals surface area (Å²) in [6, 6.07) is 0. The number of hydrogen-bond donors (Lipinski definition) is 0. The van der Waals surface area contributed by atoms with Crippen molar-refractivity contribution in [1.82, 2.24) is 4.90 Å². The topological polar surface area (TPSA) is 29.5 Å². The number of rotatable bonds is 10. The number of ether oxygens (including phenoxy) is 1. The van der Waals surface area contributed by atoms with Crippen LogP contribution in [0.4, 0.5) is 0 Å². The summed E-state index contributed by atoms with van der Waals surface area (Å²) in [5, 5.41) is 0. The Balaban J connectivity index is 2.43. The molecule has 22 heavy (non-hydrogen) atoms. The summed E-state index contributed by atoms with van der Waals surface area (Å²) < 4.78 is 5.50. The van der Waals surface area contributed by atoms with E-state index in [-0.39, 0.29) is 12.0 Å². The fourth-order valence-corrected chi connectivity index (χ4v) is 2.62. The zero-order chi connectivity index (χ0) is 16.4. The van der Waals surface area contributed by atoms with E-state index >= 15 is 0 Å². The van der Waals surface area contributed by atoms with Gasteiger partial charge in [-0.3, -0.25) is 4.79 Å². The normalized spacial score (nSPS) is 15.3. The second-order valence-electron chi connectivity index (χ2n) is 6.05. The van der Waals surface area contributed by atoms with E-state index in [1.54, 1.807) is 7.11 Å². The molecule has 0 saturated heterocycles. The minimum absolute atomic E-state index is 0.0829. The van der Waals surface area contributed by atoms with E-state index in [1.165, 1.54) is 18.4 Å². The van der Waals surface area contributed by atoms with E-state index < -0.39 is 0 Å². The molecule has 0 N–H and O–H groups in total. The van der Waals surface area contributed by atoms with Crippen molar-refractivity contribution in [3.05, 3.63) is 36.0 Å². The first kappa shape index (κ1) is 18.7. The van der Waals surface area contributed by atoms with Crippen molar-refractivity contribution in [1.29, 1.82) is 0 Å². The lowest BCUT2D eigenvalue weighted by Gasteiger charge is -2.22. The van der Waals surface area contributed by atoms with Gasteiger partial charge in [0.2, 0.25) is 5.91 Å². The molecule has 0 saturated carbocycles. The molecule has 1 atom stereocenters. The monoisotopic (exact) mass is 305 g/mol. The molecule has 124 valence electrons. The van der Waals surface area contributed by atoms with E-state index in [2.05, 4.69) is 31.7 Å². The third-order valence-corrected chi connectivity index (χ3v) is 4.20. The summed E-state index contributed by atoms with van der Waals surface area (Å²) in [4.78, 5) is 14.1. The molecular formula is C19H31NO2. The number of allylic oxidation sites excluding steroid dienone is 4. The molecule has 1 aliphatic carbocycles. The van der Waals surface area contributed by atoms with Gasteiger partial charge in [-0.2, -0.15) is 0 Å². The highest BCUT2D eigenvalue weighted by Crippen LogP contribution is 2.24. The molecule has 0 aromatic rings. The predicted molar refractivity (Wildman–Crippen MR) is 92.8 cm³/mol. The van der Waals surface area contributed by atoms with Crippen molar-refractivity contribution in [3.8, 4) is 0 Å². The van der Waals surface area contributed by atoms with E-state index in [9.17, 15) is 4.79 Å². The number of carbonyl (C=O) groups excluding carboxylic acids is 1. The summed E-state index contributed by atoms with van der Waals surface area (Å²) in [6.07, 6.45) is 13.0. The first-order valence-corrected chi connectivity index (χ1v) is 8.39. The fourth-order valence-electron chi connectivity index (χ4n) is 2.62. The Labute approximate surface area is 135 Å². The summed E-state index contributed by atoms with van der Waals surface area (Å²) in [5.41, 5.74) is 2.38. The minimum Gasteiger partial charge on any atom is -0.381 e. The van der Waals surface area contributed by atoms with Gasteiger partial charge < -0.3 is 9.64 Å². The van der Waals surface area contributed by atoms with Crippen LogP contribution in [-0.2, 0) is 9.53 Å². The quantitative estimate of drug-likeness (QED) is 0.564. The van der Waals surface area contributed by atoms with Gasteiger partial charge in [0.1, 0.15) is 0 Å². The van der Waals surface area contributed by atoms with Crippen LogP contribution in [0.15, 0.2) is 36.0 Å². The van der Waals surface area contributed by atoms with Crippen LogP contribution in [0.2, 0.25) is 0 Å². The molecule has 0 heterocycles. The summed E-state index contributed by atoms with van der Waals surface area (Å²) in [6.45, 7) is 7.18. The van der Waals surface area contributed by atoms with Gasteiger partial charge in [0, 0.05) is 20.7 Å². The van der Waals surface area contributed by atoms with Crippen molar-refractivity contribution in [3.63, 3.8) is 0 Å². The first-order chi connectivity index (χ1) is 10.6. The Kier molecular flexibility index (Phi) is 8.83. The number of nitrogens with zero attached hydrogens (tertiary/aromatic N) is 1. The smallest absolute Gasteiger partial charge is 0.224 e. The number of methoxy groups -OCH3 is 1. The van der Waals surface area contributed by atoms with E-state index in [0.717, 1.165) is 37.8 Å². The zero-order valence-electron chi connectivity index (χ0n) is 14.4. The Bertz CT molecular complexity index is 423. The predicted octanol–water partition coefficient (Wildman–Crippen LogP) is 4.26. The summed E-state index contributed by atoms with van der Waals surface area (Å²) >= 11 is 0. The molecule has 1 unspecified atom stereocenters. The van der Waals surface area contributed by atoms with Crippen LogP contribution in [0.3, 0.4) is 0 Å². The van der Waals surface area contributed by atoms with Gasteiger partial charge in [-0.05, 0) is 36.8 Å². The molecule has 1 rings (SSSR count). The Morgan fingerprint density at radius 2 is 2.18 bits per heavy atom. The zero-order valence-corrected chi connectivity index (χ0v) is 14.4. The minimum atomic E-state index is -0.0829. The molecular weight excluding hydrogens is 274 g/mol. The lowest BCUT2D eigenvalue weighted by atomic mass is 9.93. The van der Waals surface area contributed by atoms with Crippen molar-refractivity contribution in [2.24, 2.45) is 0 Å². The van der Waals surface area contributed by atoms with Gasteiger partial charge in [-0.25, -0.2) is 0 Å². The molecule has 0 aliphatic heterocycles. The highest BCUT2D eigenvalue weighted by molar-refractivity contribution is 5.76. The number of hydrogen-bond acceptors (Lipinski definition) is 2. The average molecular weight is 305 g/mol. The molecule has 0 aromatic heterocycles. The SMILES string of the molecule is C=C(CC(CC(=O)N(C)CCCCC)OC)C1=CC=CCC1. The third kappa shape index (κ3) is 6.61. The van der Waals surface area contributed by atoms with Crippen LogP contribution in [0.5, 0.6) is 0 Å². The Morgan fingerprint density at radius 1 is 1.41 bits per heavy atom. The highest BCUT2D eigenvalue weighted by atomic mass is 16.5. The number of carbonyl (C=O) groups is 1. The van der Waals surface area contributed by atoms with E-state index in [4.69, 9.17) is 4.74 Å². The highest BCUT2D eigenvalue weighted by Gasteiger charge is 2.18. The number of unbranched alkanes of at least 4 members (excludes halogenated alkanes) is 2. The molecule has 0 spiro atoms. The number of amides is 1. The van der Waals surface area contributed by atoms with E-state index in [0.29, 0.717) is 6.42 Å². The molecule has 0 aromatic carbocycles. The van der Waals surface area contributed by atoms with Crippen LogP contribution in [-0.4, -0.2) is 37.6 Å². The van der Waals surface area contributed by atoms with Gasteiger partial charge in [0.25, 0.3) is 0 Å². The fraction of sp³-hybridized carbons (Fsp3) is 0.632. The molecule has 0 radical (unpaired) electrons. The molecule has 0 bridgehead atoms. The second kappa shape index (κ2) is 10.4. The van der Waals surface area contributed by atoms with E-state index in [1.807, 2.05) is 11.9 Å². The van der Waals surface area contributed by atoms with Gasteiger partial charge >= 0.3 is 0 Å². The average Bonchev–Trinajstić information content (AvgIpc) is 2.54. The lowest BCUT2D eigenvalue weighted by molar-refractivity contribution is -0.132. The van der Waals surface area contributed by atoms with Gasteiger partial charge in [-0.1, -0.05) is 44.6 Å². The van der Waals surface area contributed by atoms with Crippen molar-refractivity contribution >= 4 is 5.91 Å². The first-order valence-electron chi connectivity index (χ1n) is 8.39. The Morgan fingerprint density at radius 3 is 2.77 bits per heavy atom. The van der Waals surface area contributed by atoms with Crippen LogP contribution in [0, 0.1) is 0 Å². The maximum Gasteiger partial charge on any atom is 0.224 e. The van der Waals surface area contributed by atoms with Gasteiger partial charge in [0.05, 0.1) is 12.5 Å². The van der Waals surface area contributed by atoms with Crippen molar-refractivity contribution in [2.75, 3.05) is 20.7 Å². The van der Waals surface area contributed by atoms with Crippen LogP contribution in [0.1, 0.15) is 51.9 Å². The van der Waals surface area contributed by atoms with Gasteiger partial charge in [0.15, 0.2) is 0 Å². The molecule has 0 fully saturated rings. The van der Waals surface area contributed by atoms with Crippen molar-refractivity contribution in [2.45, 2.75) is 58.0 Å².